The number of halogens is 1. The molecular weight excluding hydrogens is 542 g/mol. The van der Waals surface area contributed by atoms with Crippen molar-refractivity contribution in [1.82, 2.24) is 3.71 Å². The molecule has 1 aliphatic heterocycles. The molecule has 8 nitrogen and oxygen atoms in total. The van der Waals surface area contributed by atoms with Crippen LogP contribution < -0.4 is 0 Å². The second-order valence-corrected chi connectivity index (χ2v) is 23.3. The Morgan fingerprint density at radius 3 is 1.64 bits per heavy atom. The van der Waals surface area contributed by atoms with Crippen LogP contribution in [-0.4, -0.2) is 68.4 Å². The average molecular weight is 576 g/mol. The molecule has 1 heterocycles. The summed E-state index contributed by atoms with van der Waals surface area (Å²) < 4.78 is 89.2. The fourth-order valence-corrected chi connectivity index (χ4v) is 9.28. The molecule has 2 aromatic carbocycles. The molecule has 1 aliphatic rings. The fourth-order valence-electron chi connectivity index (χ4n) is 3.68. The highest BCUT2D eigenvalue weighted by Gasteiger charge is 2.56. The molecule has 0 aromatic heterocycles. The van der Waals surface area contributed by atoms with Crippen molar-refractivity contribution >= 4 is 36.7 Å². The van der Waals surface area contributed by atoms with Crippen LogP contribution >= 0.6 is 0 Å². The van der Waals surface area contributed by atoms with Gasteiger partial charge < -0.3 is 13.6 Å². The molecule has 0 unspecified atom stereocenters. The highest BCUT2D eigenvalue weighted by atomic mass is 32.3. The number of ether oxygens (including phenoxy) is 1. The van der Waals surface area contributed by atoms with Gasteiger partial charge in [-0.05, 0) is 63.5 Å². The minimum Gasteiger partial charge on any atom is -0.415 e. The number of alkyl halides is 1. The average Bonchev–Trinajstić information content (AvgIpc) is 3.06. The molecule has 0 saturated carbocycles. The number of hydrogen-bond donors (Lipinski definition) is 0. The van der Waals surface area contributed by atoms with Crippen LogP contribution in [0.1, 0.15) is 0 Å². The first-order valence-electron chi connectivity index (χ1n) is 11.6. The van der Waals surface area contributed by atoms with Gasteiger partial charge in [-0.2, -0.15) is 0 Å². The van der Waals surface area contributed by atoms with E-state index in [1.165, 1.54) is 48.5 Å². The van der Waals surface area contributed by atoms with Gasteiger partial charge in [0.2, 0.25) is 0 Å². The second kappa shape index (κ2) is 10.7. The van der Waals surface area contributed by atoms with Crippen LogP contribution in [0.3, 0.4) is 0 Å². The van der Waals surface area contributed by atoms with Crippen LogP contribution in [0.15, 0.2) is 70.5 Å². The lowest BCUT2D eigenvalue weighted by molar-refractivity contribution is -0.0361. The summed E-state index contributed by atoms with van der Waals surface area (Å²) in [6.07, 6.45) is -6.25. The number of hydrogen-bond acceptors (Lipinski definition) is 7. The summed E-state index contributed by atoms with van der Waals surface area (Å²) in [5.41, 5.74) is 0. The van der Waals surface area contributed by atoms with Crippen LogP contribution in [0.2, 0.25) is 39.3 Å². The van der Waals surface area contributed by atoms with Gasteiger partial charge in [0.05, 0.1) is 16.4 Å². The zero-order chi connectivity index (χ0) is 26.9. The molecule has 0 amide bonds. The third-order valence-electron chi connectivity index (χ3n) is 5.20. The Kier molecular flexibility index (Phi) is 8.67. The van der Waals surface area contributed by atoms with Crippen molar-refractivity contribution in [3.63, 3.8) is 0 Å². The van der Waals surface area contributed by atoms with Crippen molar-refractivity contribution in [3.8, 4) is 0 Å². The van der Waals surface area contributed by atoms with Crippen molar-refractivity contribution in [2.75, 3.05) is 6.61 Å². The van der Waals surface area contributed by atoms with Gasteiger partial charge in [0.15, 0.2) is 29.0 Å². The van der Waals surface area contributed by atoms with E-state index in [0.717, 1.165) is 0 Å². The van der Waals surface area contributed by atoms with Crippen molar-refractivity contribution in [2.45, 2.75) is 73.7 Å². The lowest BCUT2D eigenvalue weighted by atomic mass is 10.1. The lowest BCUT2D eigenvalue weighted by Gasteiger charge is -2.29. The maximum Gasteiger partial charge on any atom is 0.258 e. The molecule has 200 valence electrons. The number of sulfonamides is 2. The fraction of sp³-hybridized carbons (Fsp3) is 0.478. The summed E-state index contributed by atoms with van der Waals surface area (Å²) in [4.78, 5) is -0.602. The standard InChI is InChI=1S/C23H34FNO7S2Si2/c1-35(2,3)30-17-20-22(32-36(4,5)6)21(24)23(31-20)25(33(26,27)18-13-9-7-10-14-18)34(28,29)19-15-11-8-12-16-19/h7-16,20-23H,17H2,1-6H3/t20-,21+,22-,23+/m1/s1. The second-order valence-electron chi connectivity index (χ2n) is 10.5. The molecule has 13 heteroatoms. The van der Waals surface area contributed by atoms with E-state index in [9.17, 15) is 16.8 Å². The first-order chi connectivity index (χ1) is 16.5. The largest absolute Gasteiger partial charge is 0.415 e. The minimum atomic E-state index is -4.75. The molecule has 3 rings (SSSR count). The van der Waals surface area contributed by atoms with E-state index in [0.29, 0.717) is 0 Å². The van der Waals surface area contributed by atoms with E-state index < -0.39 is 61.3 Å². The summed E-state index contributed by atoms with van der Waals surface area (Å²) >= 11 is 0. The third kappa shape index (κ3) is 6.70. The van der Waals surface area contributed by atoms with Gasteiger partial charge >= 0.3 is 0 Å². The minimum absolute atomic E-state index is 0.0492. The normalized spacial score (nSPS) is 23.8. The van der Waals surface area contributed by atoms with E-state index in [2.05, 4.69) is 0 Å². The molecule has 1 fully saturated rings. The van der Waals surface area contributed by atoms with Crippen LogP contribution in [0.4, 0.5) is 4.39 Å². The van der Waals surface area contributed by atoms with E-state index in [-0.39, 0.29) is 20.1 Å². The Hall–Kier alpha value is -1.46. The molecule has 0 radical (unpaired) electrons. The third-order valence-corrected chi connectivity index (χ3v) is 11.5. The Balaban J connectivity index is 2.14. The Morgan fingerprint density at radius 2 is 1.25 bits per heavy atom. The highest BCUT2D eigenvalue weighted by molar-refractivity contribution is 8.04. The van der Waals surface area contributed by atoms with Crippen LogP contribution in [0, 0.1) is 0 Å². The SMILES string of the molecule is C[Si](C)(C)OC[C@H]1O[C@H](N(S(=O)(=O)c2ccccc2)S(=O)(=O)c2ccccc2)[C@@H](F)[C@@H]1O[Si](C)(C)C. The van der Waals surface area contributed by atoms with Gasteiger partial charge in [-0.3, -0.25) is 0 Å². The molecule has 1 saturated heterocycles. The predicted octanol–water partition coefficient (Wildman–Crippen LogP) is 4.20. The van der Waals surface area contributed by atoms with Crippen molar-refractivity contribution in [2.24, 2.45) is 0 Å². The van der Waals surface area contributed by atoms with E-state index in [1.54, 1.807) is 12.1 Å². The van der Waals surface area contributed by atoms with Gasteiger partial charge in [0.25, 0.3) is 20.0 Å². The van der Waals surface area contributed by atoms with E-state index in [1.807, 2.05) is 39.3 Å². The number of nitrogens with zero attached hydrogens (tertiary/aromatic N) is 1. The van der Waals surface area contributed by atoms with Gasteiger partial charge in [-0.1, -0.05) is 40.1 Å². The van der Waals surface area contributed by atoms with Gasteiger partial charge in [0.1, 0.15) is 12.2 Å². The zero-order valence-corrected chi connectivity index (χ0v) is 24.9. The van der Waals surface area contributed by atoms with Crippen molar-refractivity contribution < 1.29 is 34.8 Å². The monoisotopic (exact) mass is 575 g/mol. The van der Waals surface area contributed by atoms with Gasteiger partial charge in [0, 0.05) is 0 Å². The molecule has 0 bridgehead atoms. The molecule has 0 spiro atoms. The molecule has 4 atom stereocenters. The smallest absolute Gasteiger partial charge is 0.258 e. The predicted molar refractivity (Wildman–Crippen MR) is 140 cm³/mol. The summed E-state index contributed by atoms with van der Waals surface area (Å²) in [6.45, 7) is 11.4. The number of benzene rings is 2. The van der Waals surface area contributed by atoms with Gasteiger partial charge in [-0.25, -0.2) is 21.2 Å². The summed E-state index contributed by atoms with van der Waals surface area (Å²) in [6, 6.07) is 14.1. The highest BCUT2D eigenvalue weighted by Crippen LogP contribution is 2.37. The maximum atomic E-state index is 16.2. The maximum absolute atomic E-state index is 16.2. The lowest BCUT2D eigenvalue weighted by Crippen LogP contribution is -2.50. The summed E-state index contributed by atoms with van der Waals surface area (Å²) in [5.74, 6) is 0. The molecule has 36 heavy (non-hydrogen) atoms. The molecule has 0 N–H and O–H groups in total. The molecule has 2 aromatic rings. The summed E-state index contributed by atoms with van der Waals surface area (Å²) in [7, 11) is -13.9. The first-order valence-corrected chi connectivity index (χ1v) is 21.2. The van der Waals surface area contributed by atoms with Gasteiger partial charge in [-0.15, -0.1) is 0 Å². The van der Waals surface area contributed by atoms with Crippen molar-refractivity contribution in [3.05, 3.63) is 60.7 Å². The van der Waals surface area contributed by atoms with Crippen LogP contribution in [0.25, 0.3) is 0 Å². The molecule has 0 aliphatic carbocycles. The van der Waals surface area contributed by atoms with E-state index >= 15 is 4.39 Å². The Bertz CT molecular complexity index is 1170. The Labute approximate surface area is 215 Å². The van der Waals surface area contributed by atoms with Crippen LogP contribution in [-0.2, 0) is 33.6 Å². The number of rotatable bonds is 10. The van der Waals surface area contributed by atoms with Crippen molar-refractivity contribution in [1.29, 1.82) is 0 Å². The quantitative estimate of drug-likeness (QED) is 0.392. The Morgan fingerprint density at radius 1 is 0.806 bits per heavy atom. The van der Waals surface area contributed by atoms with E-state index in [4.69, 9.17) is 13.6 Å². The summed E-state index contributed by atoms with van der Waals surface area (Å²) in [5, 5.41) is 0. The van der Waals surface area contributed by atoms with Crippen LogP contribution in [0.5, 0.6) is 0 Å². The topological polar surface area (TPSA) is 99.2 Å². The first kappa shape index (κ1) is 29.1. The molecular formula is C23H34FNO7S2Si2. The zero-order valence-electron chi connectivity index (χ0n) is 21.3.